The van der Waals surface area contributed by atoms with E-state index in [0.29, 0.717) is 12.2 Å². The molecule has 1 fully saturated rings. The molecule has 0 saturated heterocycles. The molecule has 19 heavy (non-hydrogen) atoms. The standard InChI is InChI=1S/C16H21FO2/c1-2-11-5-7-16(8-6-11)10-14(18)13-4-3-12(17)9-15(13)19-16/h3-4,9,11,14,18H,2,5-8,10H2,1H3/t11?,14-,16?/m1/s1. The van der Waals surface area contributed by atoms with Gasteiger partial charge in [-0.15, -0.1) is 0 Å². The molecule has 1 aromatic rings. The molecule has 1 N–H and O–H groups in total. The average Bonchev–Trinajstić information content (AvgIpc) is 2.39. The highest BCUT2D eigenvalue weighted by Gasteiger charge is 2.42. The van der Waals surface area contributed by atoms with Crippen LogP contribution in [0.3, 0.4) is 0 Å². The number of hydrogen-bond donors (Lipinski definition) is 1. The first kappa shape index (κ1) is 12.9. The molecule has 1 aromatic carbocycles. The number of fused-ring (bicyclic) bond motifs is 1. The van der Waals surface area contributed by atoms with E-state index in [4.69, 9.17) is 4.74 Å². The maximum atomic E-state index is 13.3. The minimum absolute atomic E-state index is 0.272. The summed E-state index contributed by atoms with van der Waals surface area (Å²) in [6, 6.07) is 4.43. The van der Waals surface area contributed by atoms with Gasteiger partial charge in [-0.2, -0.15) is 0 Å². The smallest absolute Gasteiger partial charge is 0.128 e. The highest BCUT2D eigenvalue weighted by molar-refractivity contribution is 5.38. The van der Waals surface area contributed by atoms with E-state index >= 15 is 0 Å². The lowest BCUT2D eigenvalue weighted by molar-refractivity contribution is -0.0472. The Bertz CT molecular complexity index is 464. The van der Waals surface area contributed by atoms with E-state index in [1.165, 1.54) is 18.6 Å². The largest absolute Gasteiger partial charge is 0.487 e. The maximum Gasteiger partial charge on any atom is 0.128 e. The fourth-order valence-corrected chi connectivity index (χ4v) is 3.53. The lowest BCUT2D eigenvalue weighted by atomic mass is 9.73. The minimum atomic E-state index is -0.525. The zero-order valence-corrected chi connectivity index (χ0v) is 11.4. The Balaban J connectivity index is 1.84. The van der Waals surface area contributed by atoms with Crippen molar-refractivity contribution in [1.29, 1.82) is 0 Å². The summed E-state index contributed by atoms with van der Waals surface area (Å²) in [5, 5.41) is 10.3. The third-order valence-electron chi connectivity index (χ3n) is 4.82. The Morgan fingerprint density at radius 1 is 1.37 bits per heavy atom. The lowest BCUT2D eigenvalue weighted by Crippen LogP contribution is -2.44. The predicted octanol–water partition coefficient (Wildman–Crippen LogP) is 3.98. The first-order valence-electron chi connectivity index (χ1n) is 7.28. The van der Waals surface area contributed by atoms with Crippen molar-refractivity contribution in [1.82, 2.24) is 0 Å². The van der Waals surface area contributed by atoms with Crippen molar-refractivity contribution in [3.05, 3.63) is 29.6 Å². The molecular weight excluding hydrogens is 243 g/mol. The SMILES string of the molecule is CCC1CCC2(CC1)C[C@@H](O)c1ccc(F)cc1O2. The molecule has 1 aliphatic heterocycles. The van der Waals surface area contributed by atoms with E-state index in [0.717, 1.165) is 37.2 Å². The summed E-state index contributed by atoms with van der Waals surface area (Å²) in [4.78, 5) is 0. The van der Waals surface area contributed by atoms with Gasteiger partial charge in [0.15, 0.2) is 0 Å². The Hall–Kier alpha value is -1.09. The van der Waals surface area contributed by atoms with Crippen molar-refractivity contribution >= 4 is 0 Å². The van der Waals surface area contributed by atoms with Gasteiger partial charge in [-0.25, -0.2) is 4.39 Å². The van der Waals surface area contributed by atoms with Crippen LogP contribution in [0.1, 0.15) is 57.1 Å². The molecule has 1 aliphatic carbocycles. The van der Waals surface area contributed by atoms with Crippen LogP contribution in [0, 0.1) is 11.7 Å². The van der Waals surface area contributed by atoms with Crippen molar-refractivity contribution in [2.45, 2.75) is 57.2 Å². The molecule has 3 heteroatoms. The average molecular weight is 264 g/mol. The molecule has 0 unspecified atom stereocenters. The van der Waals surface area contributed by atoms with Crippen LogP contribution < -0.4 is 4.74 Å². The van der Waals surface area contributed by atoms with Crippen molar-refractivity contribution in [2.24, 2.45) is 5.92 Å². The molecule has 104 valence electrons. The van der Waals surface area contributed by atoms with Gasteiger partial charge in [0.2, 0.25) is 0 Å². The number of hydrogen-bond acceptors (Lipinski definition) is 2. The monoisotopic (exact) mass is 264 g/mol. The molecule has 0 amide bonds. The van der Waals surface area contributed by atoms with Crippen LogP contribution in [0.2, 0.25) is 0 Å². The normalized spacial score (nSPS) is 33.8. The van der Waals surface area contributed by atoms with E-state index in [2.05, 4.69) is 6.92 Å². The zero-order valence-electron chi connectivity index (χ0n) is 11.4. The van der Waals surface area contributed by atoms with Crippen molar-refractivity contribution in [2.75, 3.05) is 0 Å². The van der Waals surface area contributed by atoms with Crippen LogP contribution in [0.5, 0.6) is 5.75 Å². The quantitative estimate of drug-likeness (QED) is 0.831. The third kappa shape index (κ3) is 2.36. The Morgan fingerprint density at radius 2 is 2.11 bits per heavy atom. The number of ether oxygens (including phenoxy) is 1. The molecule has 0 bridgehead atoms. The summed E-state index contributed by atoms with van der Waals surface area (Å²) in [7, 11) is 0. The lowest BCUT2D eigenvalue weighted by Gasteiger charge is -2.45. The van der Waals surface area contributed by atoms with E-state index in [-0.39, 0.29) is 11.4 Å². The van der Waals surface area contributed by atoms with Gasteiger partial charge in [0.1, 0.15) is 17.2 Å². The van der Waals surface area contributed by atoms with Crippen molar-refractivity contribution in [3.63, 3.8) is 0 Å². The number of benzene rings is 1. The van der Waals surface area contributed by atoms with Crippen LogP contribution in [0.4, 0.5) is 4.39 Å². The first-order valence-corrected chi connectivity index (χ1v) is 7.28. The molecule has 2 nitrogen and oxygen atoms in total. The van der Waals surface area contributed by atoms with Gasteiger partial charge >= 0.3 is 0 Å². The van der Waals surface area contributed by atoms with Gasteiger partial charge in [-0.3, -0.25) is 0 Å². The highest BCUT2D eigenvalue weighted by atomic mass is 19.1. The van der Waals surface area contributed by atoms with Gasteiger partial charge in [-0.1, -0.05) is 13.3 Å². The van der Waals surface area contributed by atoms with Crippen molar-refractivity contribution < 1.29 is 14.2 Å². The second-order valence-electron chi connectivity index (χ2n) is 6.04. The van der Waals surface area contributed by atoms with Gasteiger partial charge in [0.25, 0.3) is 0 Å². The van der Waals surface area contributed by atoms with E-state index in [1.54, 1.807) is 6.07 Å². The molecule has 0 radical (unpaired) electrons. The zero-order chi connectivity index (χ0) is 13.5. The van der Waals surface area contributed by atoms with Crippen molar-refractivity contribution in [3.8, 4) is 5.75 Å². The molecule has 3 rings (SSSR count). The highest BCUT2D eigenvalue weighted by Crippen LogP contribution is 2.47. The first-order chi connectivity index (χ1) is 9.12. The fourth-order valence-electron chi connectivity index (χ4n) is 3.53. The van der Waals surface area contributed by atoms with Crippen LogP contribution in [0.15, 0.2) is 18.2 Å². The number of rotatable bonds is 1. The molecule has 1 atom stereocenters. The summed E-state index contributed by atoms with van der Waals surface area (Å²) >= 11 is 0. The number of aliphatic hydroxyl groups is 1. The minimum Gasteiger partial charge on any atom is -0.487 e. The number of halogens is 1. The second kappa shape index (κ2) is 4.78. The predicted molar refractivity (Wildman–Crippen MR) is 71.6 cm³/mol. The van der Waals surface area contributed by atoms with Crippen LogP contribution >= 0.6 is 0 Å². The maximum absolute atomic E-state index is 13.3. The molecule has 1 spiro atoms. The third-order valence-corrected chi connectivity index (χ3v) is 4.82. The summed E-state index contributed by atoms with van der Waals surface area (Å²) in [5.74, 6) is 1.01. The molecule has 1 heterocycles. The second-order valence-corrected chi connectivity index (χ2v) is 6.04. The molecule has 1 saturated carbocycles. The van der Waals surface area contributed by atoms with E-state index in [1.807, 2.05) is 0 Å². The number of aliphatic hydroxyl groups excluding tert-OH is 1. The van der Waals surface area contributed by atoms with Crippen LogP contribution in [-0.2, 0) is 0 Å². The Kier molecular flexibility index (Phi) is 3.25. The van der Waals surface area contributed by atoms with Gasteiger partial charge in [0, 0.05) is 18.1 Å². The summed E-state index contributed by atoms with van der Waals surface area (Å²) in [6.07, 6.45) is 5.56. The van der Waals surface area contributed by atoms with E-state index in [9.17, 15) is 9.50 Å². The fraction of sp³-hybridized carbons (Fsp3) is 0.625. The van der Waals surface area contributed by atoms with Gasteiger partial charge in [-0.05, 0) is 43.7 Å². The summed E-state index contributed by atoms with van der Waals surface area (Å²) in [5.41, 5.74) is 0.455. The molecule has 0 aromatic heterocycles. The molecule has 2 aliphatic rings. The molecular formula is C16H21FO2. The van der Waals surface area contributed by atoms with Crippen LogP contribution in [0.25, 0.3) is 0 Å². The van der Waals surface area contributed by atoms with Gasteiger partial charge < -0.3 is 9.84 Å². The van der Waals surface area contributed by atoms with E-state index < -0.39 is 6.10 Å². The summed E-state index contributed by atoms with van der Waals surface area (Å²) < 4.78 is 19.4. The Labute approximate surface area is 113 Å². The van der Waals surface area contributed by atoms with Gasteiger partial charge in [0.05, 0.1) is 6.10 Å². The summed E-state index contributed by atoms with van der Waals surface area (Å²) in [6.45, 7) is 2.23. The topological polar surface area (TPSA) is 29.5 Å². The van der Waals surface area contributed by atoms with Crippen LogP contribution in [-0.4, -0.2) is 10.7 Å². The Morgan fingerprint density at radius 3 is 2.79 bits per heavy atom.